The van der Waals surface area contributed by atoms with Gasteiger partial charge < -0.3 is 9.32 Å². The molecule has 0 aliphatic rings. The molecule has 1 heterocycles. The van der Waals surface area contributed by atoms with Gasteiger partial charge in [-0.2, -0.15) is 0 Å². The van der Waals surface area contributed by atoms with E-state index in [1.165, 1.54) is 0 Å². The third-order valence-electron chi connectivity index (χ3n) is 2.92. The van der Waals surface area contributed by atoms with Crippen molar-refractivity contribution in [3.05, 3.63) is 48.5 Å². The van der Waals surface area contributed by atoms with E-state index in [2.05, 4.69) is 22.0 Å². The number of aromatic nitrogens is 1. The molecule has 0 fully saturated rings. The SMILES string of the molecule is CN(C)c1ccc(-c2nc3ccccc3o2)cc1. The number of fused-ring (bicyclic) bond motifs is 1. The third kappa shape index (κ3) is 1.84. The van der Waals surface area contributed by atoms with Crippen molar-refractivity contribution >= 4 is 16.8 Å². The van der Waals surface area contributed by atoms with Gasteiger partial charge in [-0.3, -0.25) is 0 Å². The molecule has 3 heteroatoms. The number of anilines is 1. The average Bonchev–Trinajstić information content (AvgIpc) is 2.82. The Morgan fingerprint density at radius 1 is 0.944 bits per heavy atom. The quantitative estimate of drug-likeness (QED) is 0.683. The zero-order chi connectivity index (χ0) is 12.5. The summed E-state index contributed by atoms with van der Waals surface area (Å²) >= 11 is 0. The number of rotatable bonds is 2. The lowest BCUT2D eigenvalue weighted by atomic mass is 10.2. The highest BCUT2D eigenvalue weighted by Crippen LogP contribution is 2.25. The molecule has 0 spiro atoms. The molecular weight excluding hydrogens is 224 g/mol. The first-order valence-corrected chi connectivity index (χ1v) is 5.87. The molecule has 3 aromatic rings. The molecule has 0 unspecified atom stereocenters. The number of para-hydroxylation sites is 2. The normalized spacial score (nSPS) is 10.8. The summed E-state index contributed by atoms with van der Waals surface area (Å²) in [7, 11) is 4.04. The van der Waals surface area contributed by atoms with Crippen LogP contribution in [-0.4, -0.2) is 19.1 Å². The van der Waals surface area contributed by atoms with E-state index in [-0.39, 0.29) is 0 Å². The van der Waals surface area contributed by atoms with Gasteiger partial charge >= 0.3 is 0 Å². The van der Waals surface area contributed by atoms with Crippen molar-refractivity contribution in [1.29, 1.82) is 0 Å². The molecule has 3 rings (SSSR count). The van der Waals surface area contributed by atoms with Gasteiger partial charge in [0.05, 0.1) is 0 Å². The lowest BCUT2D eigenvalue weighted by Crippen LogP contribution is -2.07. The zero-order valence-electron chi connectivity index (χ0n) is 10.4. The first-order valence-electron chi connectivity index (χ1n) is 5.87. The Bertz CT molecular complexity index is 635. The van der Waals surface area contributed by atoms with Gasteiger partial charge in [-0.15, -0.1) is 0 Å². The average molecular weight is 238 g/mol. The summed E-state index contributed by atoms with van der Waals surface area (Å²) in [6.45, 7) is 0. The maximum Gasteiger partial charge on any atom is 0.227 e. The van der Waals surface area contributed by atoms with Crippen LogP contribution in [0.15, 0.2) is 52.9 Å². The molecule has 90 valence electrons. The molecule has 0 N–H and O–H groups in total. The van der Waals surface area contributed by atoms with Crippen molar-refractivity contribution in [2.45, 2.75) is 0 Å². The zero-order valence-corrected chi connectivity index (χ0v) is 10.4. The van der Waals surface area contributed by atoms with Crippen LogP contribution in [0.2, 0.25) is 0 Å². The van der Waals surface area contributed by atoms with Gasteiger partial charge in [0.1, 0.15) is 5.52 Å². The second-order valence-corrected chi connectivity index (χ2v) is 4.43. The minimum Gasteiger partial charge on any atom is -0.436 e. The van der Waals surface area contributed by atoms with Crippen molar-refractivity contribution in [3.63, 3.8) is 0 Å². The topological polar surface area (TPSA) is 29.3 Å². The van der Waals surface area contributed by atoms with Crippen LogP contribution in [0.4, 0.5) is 5.69 Å². The summed E-state index contributed by atoms with van der Waals surface area (Å²) in [4.78, 5) is 6.54. The van der Waals surface area contributed by atoms with Crippen LogP contribution >= 0.6 is 0 Å². The van der Waals surface area contributed by atoms with Crippen LogP contribution in [0.5, 0.6) is 0 Å². The first kappa shape index (κ1) is 10.8. The lowest BCUT2D eigenvalue weighted by Gasteiger charge is -2.11. The van der Waals surface area contributed by atoms with Gasteiger partial charge in [-0.05, 0) is 36.4 Å². The Morgan fingerprint density at radius 3 is 2.33 bits per heavy atom. The Morgan fingerprint density at radius 2 is 1.67 bits per heavy atom. The van der Waals surface area contributed by atoms with Crippen molar-refractivity contribution in [3.8, 4) is 11.5 Å². The molecule has 0 saturated carbocycles. The van der Waals surface area contributed by atoms with E-state index in [1.807, 2.05) is 50.5 Å². The van der Waals surface area contributed by atoms with Gasteiger partial charge in [0.15, 0.2) is 5.58 Å². The number of hydrogen-bond acceptors (Lipinski definition) is 3. The van der Waals surface area contributed by atoms with E-state index >= 15 is 0 Å². The van der Waals surface area contributed by atoms with E-state index in [0.29, 0.717) is 5.89 Å². The number of oxazole rings is 1. The summed E-state index contributed by atoms with van der Waals surface area (Å²) < 4.78 is 5.73. The van der Waals surface area contributed by atoms with Crippen LogP contribution in [0.1, 0.15) is 0 Å². The molecule has 0 aliphatic carbocycles. The Labute approximate surface area is 106 Å². The monoisotopic (exact) mass is 238 g/mol. The van der Waals surface area contributed by atoms with Crippen LogP contribution in [0.25, 0.3) is 22.6 Å². The number of hydrogen-bond donors (Lipinski definition) is 0. The van der Waals surface area contributed by atoms with Crippen LogP contribution in [0, 0.1) is 0 Å². The van der Waals surface area contributed by atoms with E-state index < -0.39 is 0 Å². The highest BCUT2D eigenvalue weighted by atomic mass is 16.3. The van der Waals surface area contributed by atoms with Crippen LogP contribution in [0.3, 0.4) is 0 Å². The molecule has 0 atom stereocenters. The molecule has 18 heavy (non-hydrogen) atoms. The number of benzene rings is 2. The minimum atomic E-state index is 0.668. The van der Waals surface area contributed by atoms with Crippen LogP contribution < -0.4 is 4.90 Å². The third-order valence-corrected chi connectivity index (χ3v) is 2.92. The predicted molar refractivity (Wildman–Crippen MR) is 73.8 cm³/mol. The van der Waals surface area contributed by atoms with E-state index in [9.17, 15) is 0 Å². The molecule has 3 nitrogen and oxygen atoms in total. The molecule has 0 bridgehead atoms. The Hall–Kier alpha value is -2.29. The molecule has 2 aromatic carbocycles. The van der Waals surface area contributed by atoms with Crippen LogP contribution in [-0.2, 0) is 0 Å². The van der Waals surface area contributed by atoms with Gasteiger partial charge in [0.25, 0.3) is 0 Å². The highest BCUT2D eigenvalue weighted by molar-refractivity contribution is 5.76. The highest BCUT2D eigenvalue weighted by Gasteiger charge is 2.07. The second kappa shape index (κ2) is 4.18. The fraction of sp³-hybridized carbons (Fsp3) is 0.133. The predicted octanol–water partition coefficient (Wildman–Crippen LogP) is 3.56. The molecular formula is C15H14N2O. The second-order valence-electron chi connectivity index (χ2n) is 4.43. The molecule has 0 aliphatic heterocycles. The summed E-state index contributed by atoms with van der Waals surface area (Å²) in [5.74, 6) is 0.668. The largest absolute Gasteiger partial charge is 0.436 e. The van der Waals surface area contributed by atoms with Gasteiger partial charge in [-0.25, -0.2) is 4.98 Å². The summed E-state index contributed by atoms with van der Waals surface area (Å²) in [5.41, 5.74) is 3.88. The maximum atomic E-state index is 5.73. The lowest BCUT2D eigenvalue weighted by molar-refractivity contribution is 0.620. The summed E-state index contributed by atoms with van der Waals surface area (Å²) in [6.07, 6.45) is 0. The number of nitrogens with zero attached hydrogens (tertiary/aromatic N) is 2. The molecule has 0 amide bonds. The van der Waals surface area contributed by atoms with E-state index in [0.717, 1.165) is 22.4 Å². The summed E-state index contributed by atoms with van der Waals surface area (Å²) in [6, 6.07) is 16.0. The van der Waals surface area contributed by atoms with Gasteiger partial charge in [0, 0.05) is 25.3 Å². The Balaban J connectivity index is 2.03. The standard InChI is InChI=1S/C15H14N2O/c1-17(2)12-9-7-11(8-10-12)15-16-13-5-3-4-6-14(13)18-15/h3-10H,1-2H3. The molecule has 1 aromatic heterocycles. The molecule has 0 radical (unpaired) electrons. The van der Waals surface area contributed by atoms with Crippen molar-refractivity contribution < 1.29 is 4.42 Å². The van der Waals surface area contributed by atoms with E-state index in [1.54, 1.807) is 0 Å². The van der Waals surface area contributed by atoms with Gasteiger partial charge in [0.2, 0.25) is 5.89 Å². The maximum absolute atomic E-state index is 5.73. The van der Waals surface area contributed by atoms with Crippen molar-refractivity contribution in [1.82, 2.24) is 4.98 Å². The fourth-order valence-electron chi connectivity index (χ4n) is 1.90. The van der Waals surface area contributed by atoms with Crippen molar-refractivity contribution in [2.75, 3.05) is 19.0 Å². The fourth-order valence-corrected chi connectivity index (χ4v) is 1.90. The van der Waals surface area contributed by atoms with E-state index in [4.69, 9.17) is 4.42 Å². The van der Waals surface area contributed by atoms with Crippen molar-refractivity contribution in [2.24, 2.45) is 0 Å². The first-order chi connectivity index (χ1) is 8.74. The minimum absolute atomic E-state index is 0.668. The molecule has 0 saturated heterocycles. The summed E-state index contributed by atoms with van der Waals surface area (Å²) in [5, 5.41) is 0. The smallest absolute Gasteiger partial charge is 0.227 e. The van der Waals surface area contributed by atoms with Gasteiger partial charge in [-0.1, -0.05) is 12.1 Å². The Kier molecular flexibility index (Phi) is 2.52.